The molecule has 2 aliphatic rings. The molecule has 0 aromatic heterocycles. The average Bonchev–Trinajstić information content (AvgIpc) is 2.92. The summed E-state index contributed by atoms with van der Waals surface area (Å²) in [5.41, 5.74) is 4.52. The summed E-state index contributed by atoms with van der Waals surface area (Å²) in [6, 6.07) is 24.7. The highest BCUT2D eigenvalue weighted by molar-refractivity contribution is 6.32. The van der Waals surface area contributed by atoms with Crippen molar-refractivity contribution < 1.29 is 4.74 Å². The number of piperazine rings is 1. The van der Waals surface area contributed by atoms with Gasteiger partial charge in [-0.1, -0.05) is 48.0 Å². The Bertz CT molecular complexity index is 1020. The fourth-order valence-corrected chi connectivity index (χ4v) is 4.17. The molecule has 3 aromatic carbocycles. The monoisotopic (exact) mass is 388 g/mol. The van der Waals surface area contributed by atoms with E-state index in [-0.39, 0.29) is 0 Å². The van der Waals surface area contributed by atoms with Gasteiger partial charge in [-0.3, -0.25) is 0 Å². The lowest BCUT2D eigenvalue weighted by atomic mass is 10.1. The van der Waals surface area contributed by atoms with Gasteiger partial charge in [-0.05, 0) is 42.5 Å². The molecule has 1 saturated heterocycles. The maximum Gasteiger partial charge on any atom is 0.136 e. The molecule has 140 valence electrons. The van der Waals surface area contributed by atoms with Crippen LogP contribution in [0.4, 0.5) is 5.69 Å². The van der Waals surface area contributed by atoms with Crippen LogP contribution in [-0.4, -0.2) is 31.1 Å². The number of para-hydroxylation sites is 2. The Hall–Kier alpha value is -2.91. The van der Waals surface area contributed by atoms with Gasteiger partial charge in [-0.25, -0.2) is 0 Å². The summed E-state index contributed by atoms with van der Waals surface area (Å²) in [6.07, 6.45) is 2.18. The summed E-state index contributed by atoms with van der Waals surface area (Å²) in [7, 11) is 0. The molecule has 4 heteroatoms. The molecule has 0 atom stereocenters. The Morgan fingerprint density at radius 3 is 2.18 bits per heavy atom. The van der Waals surface area contributed by atoms with E-state index in [0.717, 1.165) is 48.8 Å². The van der Waals surface area contributed by atoms with E-state index in [1.54, 1.807) is 0 Å². The van der Waals surface area contributed by atoms with Gasteiger partial charge in [-0.2, -0.15) is 0 Å². The third-order valence-electron chi connectivity index (χ3n) is 5.42. The molecule has 2 aliphatic heterocycles. The van der Waals surface area contributed by atoms with Gasteiger partial charge in [0.1, 0.15) is 11.5 Å². The Morgan fingerprint density at radius 1 is 0.679 bits per heavy atom. The molecular weight excluding hydrogens is 368 g/mol. The van der Waals surface area contributed by atoms with Gasteiger partial charge in [0.2, 0.25) is 0 Å². The number of fused-ring (bicyclic) bond motifs is 2. The maximum atomic E-state index is 6.51. The van der Waals surface area contributed by atoms with Gasteiger partial charge >= 0.3 is 0 Å². The van der Waals surface area contributed by atoms with E-state index in [1.807, 2.05) is 30.3 Å². The number of halogens is 1. The molecule has 0 saturated carbocycles. The Labute approximate surface area is 170 Å². The summed E-state index contributed by atoms with van der Waals surface area (Å²) >= 11 is 6.51. The molecule has 0 radical (unpaired) electrons. The first-order valence-corrected chi connectivity index (χ1v) is 10.00. The van der Waals surface area contributed by atoms with Crippen molar-refractivity contribution in [3.63, 3.8) is 0 Å². The van der Waals surface area contributed by atoms with Crippen molar-refractivity contribution in [2.75, 3.05) is 31.1 Å². The number of ether oxygens (including phenoxy) is 1. The van der Waals surface area contributed by atoms with Gasteiger partial charge in [0, 0.05) is 48.7 Å². The van der Waals surface area contributed by atoms with E-state index in [0.29, 0.717) is 5.02 Å². The van der Waals surface area contributed by atoms with Crippen LogP contribution in [0, 0.1) is 0 Å². The van der Waals surface area contributed by atoms with Gasteiger partial charge in [-0.15, -0.1) is 0 Å². The molecule has 1 fully saturated rings. The van der Waals surface area contributed by atoms with E-state index in [1.165, 1.54) is 11.4 Å². The van der Waals surface area contributed by atoms with E-state index in [9.17, 15) is 0 Å². The Morgan fingerprint density at radius 2 is 1.36 bits per heavy atom. The lowest BCUT2D eigenvalue weighted by Gasteiger charge is -2.38. The molecule has 5 rings (SSSR count). The molecule has 0 unspecified atom stereocenters. The van der Waals surface area contributed by atoms with Gasteiger partial charge in [0.25, 0.3) is 0 Å². The molecule has 3 nitrogen and oxygen atoms in total. The summed E-state index contributed by atoms with van der Waals surface area (Å²) in [4.78, 5) is 4.89. The Balaban J connectivity index is 1.49. The van der Waals surface area contributed by atoms with E-state index < -0.39 is 0 Å². The number of benzene rings is 3. The largest absolute Gasteiger partial charge is 0.456 e. The van der Waals surface area contributed by atoms with E-state index >= 15 is 0 Å². The number of nitrogens with zero attached hydrogens (tertiary/aromatic N) is 2. The molecule has 2 heterocycles. The van der Waals surface area contributed by atoms with Crippen molar-refractivity contribution >= 4 is 29.1 Å². The highest BCUT2D eigenvalue weighted by Gasteiger charge is 2.25. The molecule has 0 spiro atoms. The topological polar surface area (TPSA) is 15.7 Å². The Kier molecular flexibility index (Phi) is 4.46. The zero-order valence-electron chi connectivity index (χ0n) is 15.5. The molecule has 28 heavy (non-hydrogen) atoms. The van der Waals surface area contributed by atoms with Crippen molar-refractivity contribution in [1.82, 2.24) is 4.90 Å². The number of rotatable bonds is 2. The summed E-state index contributed by atoms with van der Waals surface area (Å²) < 4.78 is 6.22. The maximum absolute atomic E-state index is 6.51. The second-order valence-electron chi connectivity index (χ2n) is 7.09. The minimum atomic E-state index is 0.714. The van der Waals surface area contributed by atoms with Crippen LogP contribution < -0.4 is 9.64 Å². The van der Waals surface area contributed by atoms with Crippen LogP contribution in [0.5, 0.6) is 11.5 Å². The predicted molar refractivity (Wildman–Crippen MR) is 116 cm³/mol. The van der Waals surface area contributed by atoms with Crippen molar-refractivity contribution in [3.8, 4) is 11.5 Å². The average molecular weight is 389 g/mol. The lowest BCUT2D eigenvalue weighted by Crippen LogP contribution is -2.45. The zero-order chi connectivity index (χ0) is 18.9. The molecule has 0 N–H and O–H groups in total. The van der Waals surface area contributed by atoms with Gasteiger partial charge < -0.3 is 14.5 Å². The van der Waals surface area contributed by atoms with Crippen LogP contribution in [0.2, 0.25) is 5.02 Å². The minimum absolute atomic E-state index is 0.714. The number of hydrogen-bond donors (Lipinski definition) is 0. The smallest absolute Gasteiger partial charge is 0.136 e. The normalized spacial score (nSPS) is 15.8. The van der Waals surface area contributed by atoms with E-state index in [2.05, 4.69) is 58.3 Å². The second kappa shape index (κ2) is 7.25. The zero-order valence-corrected chi connectivity index (χ0v) is 16.3. The first kappa shape index (κ1) is 17.2. The quantitative estimate of drug-likeness (QED) is 0.554. The molecular formula is C24H21ClN2O. The highest BCUT2D eigenvalue weighted by Crippen LogP contribution is 2.41. The highest BCUT2D eigenvalue weighted by atomic mass is 35.5. The molecule has 0 aliphatic carbocycles. The SMILES string of the molecule is Clc1cccc2c1C=C(N1CCN(c3ccccc3)CC1)c1ccccc1O2. The fourth-order valence-electron chi connectivity index (χ4n) is 3.95. The van der Waals surface area contributed by atoms with Crippen LogP contribution in [0.3, 0.4) is 0 Å². The van der Waals surface area contributed by atoms with Crippen molar-refractivity contribution in [2.24, 2.45) is 0 Å². The summed E-state index contributed by atoms with van der Waals surface area (Å²) in [6.45, 7) is 3.88. The van der Waals surface area contributed by atoms with Crippen LogP contribution in [0.1, 0.15) is 11.1 Å². The fraction of sp³-hybridized carbons (Fsp3) is 0.167. The van der Waals surface area contributed by atoms with Crippen LogP contribution in [0.25, 0.3) is 11.8 Å². The second-order valence-corrected chi connectivity index (χ2v) is 7.50. The first-order chi connectivity index (χ1) is 13.8. The van der Waals surface area contributed by atoms with Crippen molar-refractivity contribution in [1.29, 1.82) is 0 Å². The van der Waals surface area contributed by atoms with E-state index in [4.69, 9.17) is 16.3 Å². The van der Waals surface area contributed by atoms with Gasteiger partial charge in [0.05, 0.1) is 5.02 Å². The third-order valence-corrected chi connectivity index (χ3v) is 5.75. The lowest BCUT2D eigenvalue weighted by molar-refractivity contribution is 0.367. The summed E-state index contributed by atoms with van der Waals surface area (Å²) in [5, 5.41) is 0.714. The van der Waals surface area contributed by atoms with Crippen molar-refractivity contribution in [2.45, 2.75) is 0 Å². The van der Waals surface area contributed by atoms with Crippen LogP contribution >= 0.6 is 11.6 Å². The molecule has 0 amide bonds. The number of hydrogen-bond acceptors (Lipinski definition) is 3. The van der Waals surface area contributed by atoms with Crippen molar-refractivity contribution in [3.05, 3.63) is 88.9 Å². The minimum Gasteiger partial charge on any atom is -0.456 e. The third kappa shape index (κ3) is 3.12. The molecule has 3 aromatic rings. The van der Waals surface area contributed by atoms with Gasteiger partial charge in [0.15, 0.2) is 0 Å². The predicted octanol–water partition coefficient (Wildman–Crippen LogP) is 5.77. The molecule has 0 bridgehead atoms. The number of anilines is 1. The summed E-state index contributed by atoms with van der Waals surface area (Å²) in [5.74, 6) is 1.68. The van der Waals surface area contributed by atoms with Crippen LogP contribution in [-0.2, 0) is 0 Å². The standard InChI is InChI=1S/C24H21ClN2O/c25-21-10-6-12-24-20(21)17-22(19-9-4-5-11-23(19)28-24)27-15-13-26(14-16-27)18-7-2-1-3-8-18/h1-12,17H,13-16H2. The first-order valence-electron chi connectivity index (χ1n) is 9.62. The van der Waals surface area contributed by atoms with Crippen LogP contribution in [0.15, 0.2) is 72.8 Å².